The molecular weight excluding hydrogens is 377 g/mol. The predicted octanol–water partition coefficient (Wildman–Crippen LogP) is 3.86. The molecule has 1 N–H and O–H groups in total. The molecule has 4 rings (SSSR count). The predicted molar refractivity (Wildman–Crippen MR) is 116 cm³/mol. The molecule has 3 aromatic rings. The maximum absolute atomic E-state index is 13.0. The molecule has 0 saturated carbocycles. The number of hydrogen-bond donors (Lipinski definition) is 1. The number of carbonyl (C=O) groups is 1. The molecular formula is C25H26FN3O. The van der Waals surface area contributed by atoms with Gasteiger partial charge in [0, 0.05) is 37.4 Å². The molecule has 5 heteroatoms. The number of benzene rings is 2. The number of nitrogens with one attached hydrogen (secondary N) is 1. The first-order valence-electron chi connectivity index (χ1n) is 10.4. The lowest BCUT2D eigenvalue weighted by Gasteiger charge is -2.17. The quantitative estimate of drug-likeness (QED) is 0.652. The Hall–Kier alpha value is -3.05. The van der Waals surface area contributed by atoms with E-state index >= 15 is 0 Å². The maximum Gasteiger partial charge on any atom is 0.224 e. The van der Waals surface area contributed by atoms with Gasteiger partial charge in [-0.2, -0.15) is 0 Å². The highest BCUT2D eigenvalue weighted by Gasteiger charge is 2.23. The van der Waals surface area contributed by atoms with E-state index in [1.54, 1.807) is 6.20 Å². The molecule has 1 amide bonds. The van der Waals surface area contributed by atoms with Crippen LogP contribution in [0.2, 0.25) is 0 Å². The molecule has 30 heavy (non-hydrogen) atoms. The Kier molecular flexibility index (Phi) is 6.50. The Bertz CT molecular complexity index is 975. The van der Waals surface area contributed by atoms with Crippen LogP contribution in [0.5, 0.6) is 0 Å². The highest BCUT2D eigenvalue weighted by Crippen LogP contribution is 2.22. The molecule has 4 nitrogen and oxygen atoms in total. The second-order valence-electron chi connectivity index (χ2n) is 7.78. The van der Waals surface area contributed by atoms with Crippen molar-refractivity contribution in [3.63, 3.8) is 0 Å². The van der Waals surface area contributed by atoms with Crippen molar-refractivity contribution in [3.05, 3.63) is 89.9 Å². The number of nitrogens with zero attached hydrogens (tertiary/aromatic N) is 2. The van der Waals surface area contributed by atoms with E-state index < -0.39 is 0 Å². The number of amides is 1. The van der Waals surface area contributed by atoms with Crippen LogP contribution in [0, 0.1) is 5.82 Å². The number of carbonyl (C=O) groups excluding carboxylic acids is 1. The SMILES string of the molecule is O=C(Cc1ccccc1-c1ccccn1)NC1CCN(CCc2ccc(F)cc2)C1. The summed E-state index contributed by atoms with van der Waals surface area (Å²) in [6, 6.07) is 20.6. The second kappa shape index (κ2) is 9.63. The highest BCUT2D eigenvalue weighted by molar-refractivity contribution is 5.81. The molecule has 1 atom stereocenters. The van der Waals surface area contributed by atoms with E-state index in [4.69, 9.17) is 0 Å². The fourth-order valence-corrected chi connectivity index (χ4v) is 3.99. The van der Waals surface area contributed by atoms with Crippen molar-refractivity contribution >= 4 is 5.91 Å². The molecule has 1 saturated heterocycles. The average Bonchev–Trinajstić information content (AvgIpc) is 3.21. The van der Waals surface area contributed by atoms with E-state index in [1.165, 1.54) is 12.1 Å². The zero-order valence-corrected chi connectivity index (χ0v) is 16.9. The van der Waals surface area contributed by atoms with Crippen molar-refractivity contribution in [1.82, 2.24) is 15.2 Å². The summed E-state index contributed by atoms with van der Waals surface area (Å²) in [6.07, 6.45) is 3.96. The first-order chi connectivity index (χ1) is 14.7. The van der Waals surface area contributed by atoms with Crippen LogP contribution in [0.15, 0.2) is 72.9 Å². The summed E-state index contributed by atoms with van der Waals surface area (Å²) in [5.74, 6) is -0.156. The van der Waals surface area contributed by atoms with Gasteiger partial charge in [-0.15, -0.1) is 0 Å². The van der Waals surface area contributed by atoms with Gasteiger partial charge in [0.05, 0.1) is 12.1 Å². The molecule has 0 bridgehead atoms. The monoisotopic (exact) mass is 403 g/mol. The highest BCUT2D eigenvalue weighted by atomic mass is 19.1. The largest absolute Gasteiger partial charge is 0.352 e. The first-order valence-corrected chi connectivity index (χ1v) is 10.4. The van der Waals surface area contributed by atoms with Crippen molar-refractivity contribution in [3.8, 4) is 11.3 Å². The third kappa shape index (κ3) is 5.30. The fourth-order valence-electron chi connectivity index (χ4n) is 3.99. The van der Waals surface area contributed by atoms with Crippen LogP contribution >= 0.6 is 0 Å². The van der Waals surface area contributed by atoms with Crippen molar-refractivity contribution in [2.45, 2.75) is 25.3 Å². The van der Waals surface area contributed by atoms with Crippen LogP contribution in [-0.4, -0.2) is 41.5 Å². The van der Waals surface area contributed by atoms with Crippen LogP contribution in [0.25, 0.3) is 11.3 Å². The van der Waals surface area contributed by atoms with Crippen LogP contribution in [-0.2, 0) is 17.6 Å². The smallest absolute Gasteiger partial charge is 0.224 e. The molecule has 2 aromatic carbocycles. The summed E-state index contributed by atoms with van der Waals surface area (Å²) in [5.41, 5.74) is 4.00. The van der Waals surface area contributed by atoms with Crippen LogP contribution in [0.1, 0.15) is 17.5 Å². The minimum atomic E-state index is -0.202. The van der Waals surface area contributed by atoms with E-state index in [2.05, 4.69) is 15.2 Å². The Labute approximate surface area is 176 Å². The van der Waals surface area contributed by atoms with Crippen LogP contribution < -0.4 is 5.32 Å². The van der Waals surface area contributed by atoms with Gasteiger partial charge < -0.3 is 10.2 Å². The molecule has 1 aromatic heterocycles. The van der Waals surface area contributed by atoms with Crippen molar-refractivity contribution in [1.29, 1.82) is 0 Å². The molecule has 1 unspecified atom stereocenters. The Morgan fingerprint density at radius 3 is 2.67 bits per heavy atom. The second-order valence-corrected chi connectivity index (χ2v) is 7.78. The minimum absolute atomic E-state index is 0.0452. The third-order valence-electron chi connectivity index (χ3n) is 5.58. The van der Waals surface area contributed by atoms with Gasteiger partial charge in [0.1, 0.15) is 5.82 Å². The topological polar surface area (TPSA) is 45.2 Å². The standard InChI is InChI=1S/C25H26FN3O/c26-21-10-8-19(9-11-21)12-15-29-16-13-22(18-29)28-25(30)17-20-5-1-2-6-23(20)24-7-3-4-14-27-24/h1-11,14,22H,12-13,15-18H2,(H,28,30). The molecule has 0 spiro atoms. The van der Waals surface area contributed by atoms with Gasteiger partial charge in [-0.05, 0) is 48.2 Å². The number of hydrogen-bond acceptors (Lipinski definition) is 3. The summed E-state index contributed by atoms with van der Waals surface area (Å²) in [7, 11) is 0. The molecule has 154 valence electrons. The third-order valence-corrected chi connectivity index (χ3v) is 5.58. The van der Waals surface area contributed by atoms with E-state index in [-0.39, 0.29) is 17.8 Å². The van der Waals surface area contributed by atoms with Crippen molar-refractivity contribution in [2.75, 3.05) is 19.6 Å². The molecule has 2 heterocycles. The molecule has 0 aliphatic carbocycles. The van der Waals surface area contributed by atoms with Crippen LogP contribution in [0.4, 0.5) is 4.39 Å². The van der Waals surface area contributed by atoms with E-state index in [0.717, 1.165) is 54.9 Å². The molecule has 0 radical (unpaired) electrons. The summed E-state index contributed by atoms with van der Waals surface area (Å²) >= 11 is 0. The average molecular weight is 404 g/mol. The van der Waals surface area contributed by atoms with Gasteiger partial charge in [0.2, 0.25) is 5.91 Å². The lowest BCUT2D eigenvalue weighted by atomic mass is 10.0. The van der Waals surface area contributed by atoms with Gasteiger partial charge >= 0.3 is 0 Å². The van der Waals surface area contributed by atoms with Crippen molar-refractivity contribution < 1.29 is 9.18 Å². The summed E-state index contributed by atoms with van der Waals surface area (Å²) in [6.45, 7) is 2.74. The Balaban J connectivity index is 1.29. The molecule has 1 aliphatic heterocycles. The van der Waals surface area contributed by atoms with Gasteiger partial charge in [-0.1, -0.05) is 42.5 Å². The molecule has 1 aliphatic rings. The summed E-state index contributed by atoms with van der Waals surface area (Å²) in [4.78, 5) is 19.5. The number of rotatable bonds is 7. The fraction of sp³-hybridized carbons (Fsp3) is 0.280. The number of likely N-dealkylation sites (tertiary alicyclic amines) is 1. The van der Waals surface area contributed by atoms with Gasteiger partial charge in [0.25, 0.3) is 0 Å². The summed E-state index contributed by atoms with van der Waals surface area (Å²) < 4.78 is 13.0. The van der Waals surface area contributed by atoms with Gasteiger partial charge in [-0.3, -0.25) is 9.78 Å². The van der Waals surface area contributed by atoms with E-state index in [0.29, 0.717) is 6.42 Å². The van der Waals surface area contributed by atoms with Gasteiger partial charge in [0.15, 0.2) is 0 Å². The van der Waals surface area contributed by atoms with Gasteiger partial charge in [-0.25, -0.2) is 4.39 Å². The maximum atomic E-state index is 13.0. The summed E-state index contributed by atoms with van der Waals surface area (Å²) in [5, 5.41) is 3.19. The lowest BCUT2D eigenvalue weighted by Crippen LogP contribution is -2.38. The van der Waals surface area contributed by atoms with Crippen LogP contribution in [0.3, 0.4) is 0 Å². The number of aromatic nitrogens is 1. The Morgan fingerprint density at radius 1 is 1.07 bits per heavy atom. The Morgan fingerprint density at radius 2 is 1.87 bits per heavy atom. The normalized spacial score (nSPS) is 16.5. The van der Waals surface area contributed by atoms with Crippen molar-refractivity contribution in [2.24, 2.45) is 0 Å². The molecule has 1 fully saturated rings. The first kappa shape index (κ1) is 20.2. The number of pyridine rings is 1. The lowest BCUT2D eigenvalue weighted by molar-refractivity contribution is -0.121. The zero-order chi connectivity index (χ0) is 20.8. The minimum Gasteiger partial charge on any atom is -0.352 e. The number of halogens is 1. The zero-order valence-electron chi connectivity index (χ0n) is 16.9. The van der Waals surface area contributed by atoms with E-state index in [9.17, 15) is 9.18 Å². The van der Waals surface area contributed by atoms with E-state index in [1.807, 2.05) is 54.6 Å².